The number of carbonyl (C=O) groups is 2. The largest absolute Gasteiger partial charge is 0.465 e. The van der Waals surface area contributed by atoms with Crippen LogP contribution in [0.25, 0.3) is 5.69 Å². The van der Waals surface area contributed by atoms with Crippen LogP contribution in [0.15, 0.2) is 48.5 Å². The molecule has 3 aromatic rings. The van der Waals surface area contributed by atoms with E-state index in [1.165, 1.54) is 20.2 Å². The highest BCUT2D eigenvalue weighted by Crippen LogP contribution is 2.29. The Morgan fingerprint density at radius 1 is 1.07 bits per heavy atom. The van der Waals surface area contributed by atoms with Crippen LogP contribution in [0, 0.1) is 0 Å². The fourth-order valence-corrected chi connectivity index (χ4v) is 2.50. The van der Waals surface area contributed by atoms with E-state index in [2.05, 4.69) is 15.4 Å². The number of hydrogen-bond acceptors (Lipinski definition) is 6. The van der Waals surface area contributed by atoms with Crippen LogP contribution >= 0.6 is 0 Å². The lowest BCUT2D eigenvalue weighted by atomic mass is 10.1. The minimum Gasteiger partial charge on any atom is -0.465 e. The minimum atomic E-state index is -4.47. The van der Waals surface area contributed by atoms with E-state index in [0.717, 1.165) is 34.0 Å². The number of amides is 1. The third-order valence-corrected chi connectivity index (χ3v) is 4.01. The van der Waals surface area contributed by atoms with Gasteiger partial charge < -0.3 is 9.64 Å². The summed E-state index contributed by atoms with van der Waals surface area (Å²) < 4.78 is 42.7. The highest BCUT2D eigenvalue weighted by molar-refractivity contribution is 6.07. The Kier molecular flexibility index (Phi) is 5.31. The summed E-state index contributed by atoms with van der Waals surface area (Å²) in [6.07, 6.45) is -4.47. The lowest BCUT2D eigenvalue weighted by Crippen LogP contribution is -2.29. The standard InChI is InChI=1S/C18H14F3N5O3/c1-25(14-6-4-3-5-13(14)17(28)29-2)16(27)15-22-24-26(23-15)12-9-7-11(8-10-12)18(19,20)21/h3-10H,1-2H3. The van der Waals surface area contributed by atoms with E-state index in [9.17, 15) is 22.8 Å². The number of alkyl halides is 3. The van der Waals surface area contributed by atoms with Crippen LogP contribution in [0.1, 0.15) is 26.5 Å². The molecular weight excluding hydrogens is 391 g/mol. The van der Waals surface area contributed by atoms with Crippen LogP contribution in [0.3, 0.4) is 0 Å². The number of anilines is 1. The van der Waals surface area contributed by atoms with Crippen molar-refractivity contribution in [3.05, 3.63) is 65.5 Å². The molecule has 2 aromatic carbocycles. The van der Waals surface area contributed by atoms with Crippen molar-refractivity contribution in [1.82, 2.24) is 20.2 Å². The molecular formula is C18H14F3N5O3. The van der Waals surface area contributed by atoms with Crippen LogP contribution in [0.4, 0.5) is 18.9 Å². The summed E-state index contributed by atoms with van der Waals surface area (Å²) in [5.74, 6) is -1.59. The van der Waals surface area contributed by atoms with Crippen molar-refractivity contribution in [1.29, 1.82) is 0 Å². The third kappa shape index (κ3) is 4.08. The molecule has 150 valence electrons. The predicted molar refractivity (Wildman–Crippen MR) is 94.7 cm³/mol. The van der Waals surface area contributed by atoms with Crippen LogP contribution in [0.2, 0.25) is 0 Å². The van der Waals surface area contributed by atoms with Gasteiger partial charge in [0.05, 0.1) is 29.6 Å². The Bertz CT molecular complexity index is 1050. The summed E-state index contributed by atoms with van der Waals surface area (Å²) in [7, 11) is 2.64. The zero-order valence-electron chi connectivity index (χ0n) is 15.2. The molecule has 0 spiro atoms. The molecule has 0 aliphatic rings. The van der Waals surface area contributed by atoms with Gasteiger partial charge in [0.15, 0.2) is 0 Å². The molecule has 0 aliphatic carbocycles. The molecule has 0 radical (unpaired) electrons. The second kappa shape index (κ2) is 7.70. The third-order valence-electron chi connectivity index (χ3n) is 4.01. The van der Waals surface area contributed by atoms with Crippen LogP contribution in [-0.2, 0) is 10.9 Å². The van der Waals surface area contributed by atoms with Crippen LogP contribution in [0.5, 0.6) is 0 Å². The lowest BCUT2D eigenvalue weighted by Gasteiger charge is -2.18. The smallest absolute Gasteiger partial charge is 0.416 e. The summed E-state index contributed by atoms with van der Waals surface area (Å²) in [6.45, 7) is 0. The maximum atomic E-state index is 12.7. The number of hydrogen-bond donors (Lipinski definition) is 0. The van der Waals surface area contributed by atoms with Gasteiger partial charge in [-0.1, -0.05) is 12.1 Å². The zero-order chi connectivity index (χ0) is 21.2. The lowest BCUT2D eigenvalue weighted by molar-refractivity contribution is -0.137. The van der Waals surface area contributed by atoms with Crippen molar-refractivity contribution in [2.75, 3.05) is 19.1 Å². The number of nitrogens with zero attached hydrogens (tertiary/aromatic N) is 5. The zero-order valence-corrected chi connectivity index (χ0v) is 15.2. The predicted octanol–water partition coefficient (Wildman–Crippen LogP) is 2.74. The van der Waals surface area contributed by atoms with Gasteiger partial charge in [0.1, 0.15) is 0 Å². The van der Waals surface area contributed by atoms with Crippen molar-refractivity contribution >= 4 is 17.6 Å². The molecule has 3 rings (SSSR count). The fourth-order valence-electron chi connectivity index (χ4n) is 2.50. The molecule has 0 fully saturated rings. The maximum Gasteiger partial charge on any atom is 0.416 e. The van der Waals surface area contributed by atoms with Crippen molar-refractivity contribution in [2.24, 2.45) is 0 Å². The first kappa shape index (κ1) is 20.0. The molecule has 0 atom stereocenters. The maximum absolute atomic E-state index is 12.7. The van der Waals surface area contributed by atoms with E-state index < -0.39 is 23.6 Å². The minimum absolute atomic E-state index is 0.168. The van der Waals surface area contributed by atoms with Crippen molar-refractivity contribution in [3.8, 4) is 5.69 Å². The number of halogens is 3. The second-order valence-corrected chi connectivity index (χ2v) is 5.82. The van der Waals surface area contributed by atoms with E-state index in [1.807, 2.05) is 0 Å². The van der Waals surface area contributed by atoms with E-state index in [-0.39, 0.29) is 22.8 Å². The molecule has 1 aromatic heterocycles. The quantitative estimate of drug-likeness (QED) is 0.620. The number of para-hydroxylation sites is 1. The first-order valence-electron chi connectivity index (χ1n) is 8.15. The van der Waals surface area contributed by atoms with Gasteiger partial charge in [-0.2, -0.15) is 13.2 Å². The summed E-state index contributed by atoms with van der Waals surface area (Å²) >= 11 is 0. The number of benzene rings is 2. The van der Waals surface area contributed by atoms with Crippen molar-refractivity contribution < 1.29 is 27.5 Å². The molecule has 0 saturated carbocycles. The number of esters is 1. The Balaban J connectivity index is 1.85. The SMILES string of the molecule is COC(=O)c1ccccc1N(C)C(=O)c1nnn(-c2ccc(C(F)(F)F)cc2)n1. The normalized spacial score (nSPS) is 11.2. The topological polar surface area (TPSA) is 90.2 Å². The van der Waals surface area contributed by atoms with Crippen molar-refractivity contribution in [3.63, 3.8) is 0 Å². The number of carbonyl (C=O) groups excluding carboxylic acids is 2. The van der Waals surface area contributed by atoms with E-state index in [1.54, 1.807) is 18.2 Å². The molecule has 11 heteroatoms. The van der Waals surface area contributed by atoms with Gasteiger partial charge in [-0.3, -0.25) is 4.79 Å². The molecule has 0 bridgehead atoms. The Morgan fingerprint density at radius 3 is 2.34 bits per heavy atom. The molecule has 0 aliphatic heterocycles. The van der Waals surface area contributed by atoms with Gasteiger partial charge >= 0.3 is 12.1 Å². The second-order valence-electron chi connectivity index (χ2n) is 5.82. The van der Waals surface area contributed by atoms with Crippen LogP contribution in [-0.4, -0.2) is 46.2 Å². The molecule has 0 N–H and O–H groups in total. The average Bonchev–Trinajstić information content (AvgIpc) is 3.21. The number of methoxy groups -OCH3 is 1. The monoisotopic (exact) mass is 405 g/mol. The summed E-state index contributed by atoms with van der Waals surface area (Å²) in [5, 5.41) is 11.3. The van der Waals surface area contributed by atoms with E-state index >= 15 is 0 Å². The van der Waals surface area contributed by atoms with E-state index in [4.69, 9.17) is 4.74 Å². The summed E-state index contributed by atoms with van der Waals surface area (Å²) in [5.41, 5.74) is -0.185. The number of rotatable bonds is 4. The molecule has 1 amide bonds. The van der Waals surface area contributed by atoms with Crippen LogP contribution < -0.4 is 4.90 Å². The average molecular weight is 405 g/mol. The summed E-state index contributed by atoms with van der Waals surface area (Å²) in [6, 6.07) is 10.4. The van der Waals surface area contributed by atoms with Gasteiger partial charge in [-0.25, -0.2) is 4.79 Å². The number of ether oxygens (including phenoxy) is 1. The van der Waals surface area contributed by atoms with Gasteiger partial charge in [0.2, 0.25) is 0 Å². The highest BCUT2D eigenvalue weighted by Gasteiger charge is 2.30. The number of tetrazole rings is 1. The Morgan fingerprint density at radius 2 is 1.72 bits per heavy atom. The van der Waals surface area contributed by atoms with E-state index in [0.29, 0.717) is 0 Å². The van der Waals surface area contributed by atoms with Crippen molar-refractivity contribution in [2.45, 2.75) is 6.18 Å². The molecule has 8 nitrogen and oxygen atoms in total. The van der Waals surface area contributed by atoms with Gasteiger partial charge in [0, 0.05) is 7.05 Å². The molecule has 0 saturated heterocycles. The first-order chi connectivity index (χ1) is 13.7. The summed E-state index contributed by atoms with van der Waals surface area (Å²) in [4.78, 5) is 26.7. The fraction of sp³-hybridized carbons (Fsp3) is 0.167. The molecule has 1 heterocycles. The first-order valence-corrected chi connectivity index (χ1v) is 8.15. The number of aromatic nitrogens is 4. The molecule has 0 unspecified atom stereocenters. The van der Waals surface area contributed by atoms with Gasteiger partial charge in [-0.15, -0.1) is 15.0 Å². The van der Waals surface area contributed by atoms with Gasteiger partial charge in [0.25, 0.3) is 11.7 Å². The Labute approximate surface area is 162 Å². The molecule has 29 heavy (non-hydrogen) atoms. The van der Waals surface area contributed by atoms with Gasteiger partial charge in [-0.05, 0) is 41.6 Å². The highest BCUT2D eigenvalue weighted by atomic mass is 19.4. The Hall–Kier alpha value is -3.76.